The summed E-state index contributed by atoms with van der Waals surface area (Å²) in [6.07, 6.45) is 14.3. The number of fused-ring (bicyclic) bond motifs is 1. The van der Waals surface area contributed by atoms with E-state index in [0.29, 0.717) is 5.69 Å². The molecule has 26 heavy (non-hydrogen) atoms. The van der Waals surface area contributed by atoms with Crippen molar-refractivity contribution in [2.45, 2.75) is 5.92 Å². The van der Waals surface area contributed by atoms with Crippen molar-refractivity contribution < 1.29 is 8.78 Å². The van der Waals surface area contributed by atoms with Crippen molar-refractivity contribution in [3.8, 4) is 11.3 Å². The van der Waals surface area contributed by atoms with Gasteiger partial charge in [0.2, 0.25) is 5.82 Å². The molecule has 4 rings (SSSR count). The van der Waals surface area contributed by atoms with E-state index in [1.54, 1.807) is 66.6 Å². The zero-order valence-electron chi connectivity index (χ0n) is 13.8. The van der Waals surface area contributed by atoms with E-state index in [1.807, 2.05) is 0 Å². The first kappa shape index (κ1) is 16.1. The van der Waals surface area contributed by atoms with Gasteiger partial charge in [0.1, 0.15) is 0 Å². The third-order valence-corrected chi connectivity index (χ3v) is 3.90. The number of rotatable bonds is 3. The molecule has 1 aliphatic carbocycles. The van der Waals surface area contributed by atoms with E-state index >= 15 is 8.78 Å². The minimum Gasteiger partial charge on any atom is -0.275 e. The lowest BCUT2D eigenvalue weighted by Gasteiger charge is -2.15. The molecule has 8 heteroatoms. The number of hydrogen-bond donors (Lipinski definition) is 0. The molecule has 3 heterocycles. The fourth-order valence-electron chi connectivity index (χ4n) is 2.60. The number of hydrogen-bond acceptors (Lipinski definition) is 4. The minimum absolute atomic E-state index is 0.194. The molecule has 0 N–H and O–H groups in total. The molecule has 0 fully saturated rings. The molecule has 3 aromatic rings. The number of alkyl halides is 2. The Morgan fingerprint density at radius 1 is 1.00 bits per heavy atom. The third-order valence-electron chi connectivity index (χ3n) is 3.90. The predicted molar refractivity (Wildman–Crippen MR) is 92.4 cm³/mol. The lowest BCUT2D eigenvalue weighted by molar-refractivity contribution is 0.0298. The van der Waals surface area contributed by atoms with Crippen molar-refractivity contribution in [1.29, 1.82) is 0 Å². The average molecular weight is 352 g/mol. The Kier molecular flexibility index (Phi) is 3.80. The molecule has 3 aromatic heterocycles. The van der Waals surface area contributed by atoms with E-state index < -0.39 is 11.7 Å². The Hall–Kier alpha value is -3.42. The Balaban J connectivity index is 1.83. The van der Waals surface area contributed by atoms with Gasteiger partial charge in [-0.15, -0.1) is 10.2 Å². The van der Waals surface area contributed by atoms with Crippen LogP contribution in [0, 0.1) is 0 Å². The van der Waals surface area contributed by atoms with Crippen molar-refractivity contribution in [1.82, 2.24) is 29.6 Å². The monoisotopic (exact) mass is 352 g/mol. The second kappa shape index (κ2) is 6.14. The van der Waals surface area contributed by atoms with Gasteiger partial charge >= 0.3 is 5.92 Å². The summed E-state index contributed by atoms with van der Waals surface area (Å²) in [7, 11) is 1.77. The quantitative estimate of drug-likeness (QED) is 0.726. The van der Waals surface area contributed by atoms with Crippen molar-refractivity contribution in [3.05, 3.63) is 78.5 Å². The van der Waals surface area contributed by atoms with Crippen LogP contribution in [-0.4, -0.2) is 29.6 Å². The van der Waals surface area contributed by atoms with Crippen molar-refractivity contribution in [2.75, 3.05) is 0 Å². The van der Waals surface area contributed by atoms with Crippen LogP contribution in [0.3, 0.4) is 0 Å². The van der Waals surface area contributed by atoms with E-state index in [0.717, 1.165) is 10.1 Å². The maximum absolute atomic E-state index is 15.1. The van der Waals surface area contributed by atoms with Crippen LogP contribution >= 0.6 is 0 Å². The van der Waals surface area contributed by atoms with Crippen LogP contribution in [0.5, 0.6) is 0 Å². The zero-order chi connectivity index (χ0) is 18.1. The van der Waals surface area contributed by atoms with Gasteiger partial charge < -0.3 is 0 Å². The average Bonchev–Trinajstić information content (AvgIpc) is 3.19. The van der Waals surface area contributed by atoms with Crippen LogP contribution < -0.4 is 0 Å². The van der Waals surface area contributed by atoms with Crippen molar-refractivity contribution in [2.24, 2.45) is 7.05 Å². The standard InChI is InChI=1S/C18H14F2N6/c1-25-12-13(11-21-25)15-9-10-16-22-23-17(26(16)24-15)18(19,20)14-7-5-3-2-4-6-8-14/h2-12H,1H3/b3-2-,4-2?,5-3?,6-4-,7-5-,8-6?,14-7?,14-8+. The van der Waals surface area contributed by atoms with Crippen LogP contribution in [0.1, 0.15) is 5.82 Å². The molecule has 130 valence electrons. The van der Waals surface area contributed by atoms with Gasteiger partial charge in [0, 0.05) is 24.4 Å². The summed E-state index contributed by atoms with van der Waals surface area (Å²) in [5.74, 6) is -3.89. The van der Waals surface area contributed by atoms with Gasteiger partial charge in [-0.3, -0.25) is 4.68 Å². The fraction of sp³-hybridized carbons (Fsp3) is 0.111. The summed E-state index contributed by atoms with van der Waals surface area (Å²) < 4.78 is 32.9. The second-order valence-corrected chi connectivity index (χ2v) is 5.74. The molecule has 0 bridgehead atoms. The van der Waals surface area contributed by atoms with E-state index in [2.05, 4.69) is 20.4 Å². The van der Waals surface area contributed by atoms with Gasteiger partial charge in [0.25, 0.3) is 0 Å². The SMILES string of the molecule is Cn1cc(-c2ccc3nnc(C(F)(F)C4=C/C=C\C=C/C=C\4)n3n2)cn1. The highest BCUT2D eigenvalue weighted by Gasteiger charge is 2.40. The van der Waals surface area contributed by atoms with E-state index in [9.17, 15) is 0 Å². The van der Waals surface area contributed by atoms with Gasteiger partial charge in [0.15, 0.2) is 5.65 Å². The van der Waals surface area contributed by atoms with E-state index in [4.69, 9.17) is 0 Å². The first-order valence-corrected chi connectivity index (χ1v) is 7.87. The number of aryl methyl sites for hydroxylation is 1. The zero-order valence-corrected chi connectivity index (χ0v) is 13.8. The Bertz CT molecular complexity index is 1080. The number of halogens is 2. The molecule has 0 saturated heterocycles. The molecule has 0 saturated carbocycles. The van der Waals surface area contributed by atoms with E-state index in [-0.39, 0.29) is 11.2 Å². The van der Waals surface area contributed by atoms with Crippen molar-refractivity contribution in [3.63, 3.8) is 0 Å². The van der Waals surface area contributed by atoms with Crippen molar-refractivity contribution >= 4 is 5.65 Å². The van der Waals surface area contributed by atoms with Gasteiger partial charge in [-0.1, -0.05) is 42.5 Å². The Labute approximate surface area is 147 Å². The molecule has 0 aliphatic heterocycles. The summed E-state index contributed by atoms with van der Waals surface area (Å²) in [6, 6.07) is 3.30. The Morgan fingerprint density at radius 3 is 2.62 bits per heavy atom. The molecule has 0 radical (unpaired) electrons. The lowest BCUT2D eigenvalue weighted by atomic mass is 10.1. The molecule has 0 spiro atoms. The van der Waals surface area contributed by atoms with Crippen LogP contribution in [0.15, 0.2) is 72.6 Å². The van der Waals surface area contributed by atoms with Crippen LogP contribution in [0.2, 0.25) is 0 Å². The van der Waals surface area contributed by atoms with Crippen LogP contribution in [0.25, 0.3) is 16.9 Å². The number of aromatic nitrogens is 6. The van der Waals surface area contributed by atoms with Gasteiger partial charge in [-0.05, 0) is 12.1 Å². The normalized spacial score (nSPS) is 20.2. The smallest absolute Gasteiger partial charge is 0.275 e. The van der Waals surface area contributed by atoms with Gasteiger partial charge in [0.05, 0.1) is 11.9 Å². The molecule has 6 nitrogen and oxygen atoms in total. The Morgan fingerprint density at radius 2 is 1.81 bits per heavy atom. The highest BCUT2D eigenvalue weighted by Crippen LogP contribution is 2.36. The summed E-state index contributed by atoms with van der Waals surface area (Å²) in [5.41, 5.74) is 1.28. The largest absolute Gasteiger partial charge is 0.333 e. The summed E-state index contributed by atoms with van der Waals surface area (Å²) in [6.45, 7) is 0. The molecule has 1 aliphatic rings. The van der Waals surface area contributed by atoms with Crippen LogP contribution in [0.4, 0.5) is 8.78 Å². The summed E-state index contributed by atoms with van der Waals surface area (Å²) in [4.78, 5) is 0. The third kappa shape index (κ3) is 2.75. The molecule has 0 unspecified atom stereocenters. The molecular weight excluding hydrogens is 338 g/mol. The minimum atomic E-state index is -3.36. The second-order valence-electron chi connectivity index (χ2n) is 5.74. The van der Waals surface area contributed by atoms with Gasteiger partial charge in [-0.2, -0.15) is 23.5 Å². The number of nitrogens with zero attached hydrogens (tertiary/aromatic N) is 6. The first-order chi connectivity index (χ1) is 12.6. The molecular formula is C18H14F2N6. The lowest BCUT2D eigenvalue weighted by Crippen LogP contribution is -2.21. The maximum atomic E-state index is 15.1. The summed E-state index contributed by atoms with van der Waals surface area (Å²) in [5, 5.41) is 15.9. The van der Waals surface area contributed by atoms with Gasteiger partial charge in [-0.25, -0.2) is 0 Å². The summed E-state index contributed by atoms with van der Waals surface area (Å²) >= 11 is 0. The highest BCUT2D eigenvalue weighted by atomic mass is 19.3. The van der Waals surface area contributed by atoms with Crippen LogP contribution in [-0.2, 0) is 13.0 Å². The molecule has 0 aromatic carbocycles. The predicted octanol–water partition coefficient (Wildman–Crippen LogP) is 3.23. The maximum Gasteiger partial charge on any atom is 0.333 e. The highest BCUT2D eigenvalue weighted by molar-refractivity contribution is 5.58. The molecule has 0 atom stereocenters. The fourth-order valence-corrected chi connectivity index (χ4v) is 2.60. The molecule has 0 amide bonds. The topological polar surface area (TPSA) is 60.9 Å². The van der Waals surface area contributed by atoms with E-state index in [1.165, 1.54) is 12.2 Å². The first-order valence-electron chi connectivity index (χ1n) is 7.87. The number of allylic oxidation sites excluding steroid dienone is 8.